The number of ether oxygens (including phenoxy) is 1. The molecule has 1 heterocycles. The molecule has 2 atom stereocenters. The van der Waals surface area contributed by atoms with E-state index in [0.29, 0.717) is 11.3 Å². The van der Waals surface area contributed by atoms with Crippen LogP contribution in [0.4, 0.5) is 0 Å². The second kappa shape index (κ2) is 2.58. The molecule has 2 aliphatic rings. The van der Waals surface area contributed by atoms with Crippen LogP contribution in [0.3, 0.4) is 0 Å². The van der Waals surface area contributed by atoms with Crippen molar-refractivity contribution in [1.29, 1.82) is 0 Å². The van der Waals surface area contributed by atoms with E-state index in [1.807, 2.05) is 0 Å². The van der Waals surface area contributed by atoms with E-state index in [9.17, 15) is 0 Å². The minimum atomic E-state index is -1.06. The molecule has 0 spiro atoms. The summed E-state index contributed by atoms with van der Waals surface area (Å²) in [6, 6.07) is 0. The lowest BCUT2D eigenvalue weighted by Crippen LogP contribution is -2.43. The standard InChI is InChI=1S/C10H20OSi/c1-12(2,3)10-8-6-4-5-7-9(10)11-10/h9H,4-8H2,1-3H3/t9-,10-/m1/s1. The molecule has 0 radical (unpaired) electrons. The topological polar surface area (TPSA) is 12.5 Å². The van der Waals surface area contributed by atoms with Crippen molar-refractivity contribution in [3.05, 3.63) is 0 Å². The van der Waals surface area contributed by atoms with Gasteiger partial charge in [-0.1, -0.05) is 38.9 Å². The van der Waals surface area contributed by atoms with Crippen LogP contribution in [-0.4, -0.2) is 19.4 Å². The summed E-state index contributed by atoms with van der Waals surface area (Å²) in [6.45, 7) is 7.37. The van der Waals surface area contributed by atoms with E-state index in [-0.39, 0.29) is 0 Å². The monoisotopic (exact) mass is 184 g/mol. The Morgan fingerprint density at radius 3 is 2.58 bits per heavy atom. The number of fused-ring (bicyclic) bond motifs is 1. The van der Waals surface area contributed by atoms with Crippen LogP contribution < -0.4 is 0 Å². The zero-order chi connectivity index (χ0) is 8.82. The van der Waals surface area contributed by atoms with E-state index < -0.39 is 8.07 Å². The Morgan fingerprint density at radius 1 is 1.17 bits per heavy atom. The summed E-state index contributed by atoms with van der Waals surface area (Å²) in [4.78, 5) is 0. The third kappa shape index (κ3) is 1.16. The SMILES string of the molecule is C[Si](C)(C)[C@]12CCCCC[C@H]1O2. The fraction of sp³-hybridized carbons (Fsp3) is 1.00. The molecule has 2 rings (SSSR count). The Morgan fingerprint density at radius 2 is 1.92 bits per heavy atom. The first-order chi connectivity index (χ1) is 5.56. The highest BCUT2D eigenvalue weighted by Gasteiger charge is 2.63. The van der Waals surface area contributed by atoms with Gasteiger partial charge in [-0.3, -0.25) is 0 Å². The van der Waals surface area contributed by atoms with Crippen LogP contribution in [0, 0.1) is 0 Å². The Balaban J connectivity index is 2.12. The normalized spacial score (nSPS) is 41.8. The fourth-order valence-electron chi connectivity index (χ4n) is 2.66. The van der Waals surface area contributed by atoms with Crippen molar-refractivity contribution in [2.75, 3.05) is 0 Å². The molecule has 1 saturated carbocycles. The average Bonchev–Trinajstić information content (AvgIpc) is 2.55. The molecule has 70 valence electrons. The Bertz CT molecular complexity index is 185. The van der Waals surface area contributed by atoms with Crippen molar-refractivity contribution in [3.8, 4) is 0 Å². The minimum Gasteiger partial charge on any atom is -0.370 e. The van der Waals surface area contributed by atoms with E-state index in [4.69, 9.17) is 4.74 Å². The van der Waals surface area contributed by atoms with Gasteiger partial charge in [0.15, 0.2) is 0 Å². The van der Waals surface area contributed by atoms with Gasteiger partial charge in [-0.25, -0.2) is 0 Å². The highest BCUT2D eigenvalue weighted by atomic mass is 28.3. The molecular formula is C10H20OSi. The molecule has 0 aromatic carbocycles. The Hall–Kier alpha value is 0.177. The lowest BCUT2D eigenvalue weighted by Gasteiger charge is -2.25. The van der Waals surface area contributed by atoms with Crippen LogP contribution in [0.5, 0.6) is 0 Å². The van der Waals surface area contributed by atoms with Gasteiger partial charge in [0.25, 0.3) is 0 Å². The minimum absolute atomic E-state index is 0.406. The predicted molar refractivity (Wildman–Crippen MR) is 54.0 cm³/mol. The van der Waals surface area contributed by atoms with Gasteiger partial charge in [0.2, 0.25) is 0 Å². The first-order valence-electron chi connectivity index (χ1n) is 5.24. The van der Waals surface area contributed by atoms with Crippen molar-refractivity contribution < 1.29 is 4.74 Å². The molecule has 1 aliphatic heterocycles. The van der Waals surface area contributed by atoms with Crippen molar-refractivity contribution in [2.45, 2.75) is 63.1 Å². The van der Waals surface area contributed by atoms with Crippen LogP contribution in [0.25, 0.3) is 0 Å². The molecule has 0 bridgehead atoms. The molecule has 2 fully saturated rings. The van der Waals surface area contributed by atoms with Crippen molar-refractivity contribution in [2.24, 2.45) is 0 Å². The largest absolute Gasteiger partial charge is 0.370 e. The first kappa shape index (κ1) is 8.76. The number of hydrogen-bond donors (Lipinski definition) is 0. The van der Waals surface area contributed by atoms with Crippen LogP contribution in [0.1, 0.15) is 32.1 Å². The molecule has 0 N–H and O–H groups in total. The zero-order valence-electron chi connectivity index (χ0n) is 8.52. The predicted octanol–water partition coefficient (Wildman–Crippen LogP) is 2.97. The van der Waals surface area contributed by atoms with Gasteiger partial charge in [0, 0.05) is 0 Å². The van der Waals surface area contributed by atoms with Crippen molar-refractivity contribution in [1.82, 2.24) is 0 Å². The molecule has 1 aliphatic carbocycles. The first-order valence-corrected chi connectivity index (χ1v) is 8.74. The van der Waals surface area contributed by atoms with Gasteiger partial charge in [0.1, 0.15) is 0 Å². The molecule has 0 amide bonds. The van der Waals surface area contributed by atoms with Crippen LogP contribution in [-0.2, 0) is 4.74 Å². The highest BCUT2D eigenvalue weighted by molar-refractivity contribution is 6.79. The smallest absolute Gasteiger partial charge is 0.0858 e. The van der Waals surface area contributed by atoms with Gasteiger partial charge in [0.05, 0.1) is 19.4 Å². The third-order valence-electron chi connectivity index (χ3n) is 3.60. The van der Waals surface area contributed by atoms with Crippen LogP contribution >= 0.6 is 0 Å². The highest BCUT2D eigenvalue weighted by Crippen LogP contribution is 2.51. The summed E-state index contributed by atoms with van der Waals surface area (Å²) in [5, 5.41) is 0.406. The number of hydrogen-bond acceptors (Lipinski definition) is 1. The second-order valence-electron chi connectivity index (χ2n) is 5.35. The average molecular weight is 184 g/mol. The van der Waals surface area contributed by atoms with E-state index in [1.165, 1.54) is 32.1 Å². The Kier molecular flexibility index (Phi) is 1.88. The lowest BCUT2D eigenvalue weighted by atomic mass is 10.2. The van der Waals surface area contributed by atoms with Gasteiger partial charge in [-0.2, -0.15) is 0 Å². The summed E-state index contributed by atoms with van der Waals surface area (Å²) in [6.07, 6.45) is 7.59. The summed E-state index contributed by atoms with van der Waals surface area (Å²) in [5.41, 5.74) is 0. The Labute approximate surface area is 76.5 Å². The summed E-state index contributed by atoms with van der Waals surface area (Å²) in [7, 11) is -1.06. The van der Waals surface area contributed by atoms with Crippen molar-refractivity contribution >= 4 is 8.07 Å². The molecule has 1 nitrogen and oxygen atoms in total. The summed E-state index contributed by atoms with van der Waals surface area (Å²) >= 11 is 0. The van der Waals surface area contributed by atoms with E-state index in [2.05, 4.69) is 19.6 Å². The van der Waals surface area contributed by atoms with Gasteiger partial charge in [-0.15, -0.1) is 0 Å². The third-order valence-corrected chi connectivity index (χ3v) is 6.83. The molecule has 2 heteroatoms. The molecule has 0 aromatic heterocycles. The molecule has 12 heavy (non-hydrogen) atoms. The van der Waals surface area contributed by atoms with E-state index in [0.717, 1.165) is 0 Å². The second-order valence-corrected chi connectivity index (χ2v) is 10.7. The van der Waals surface area contributed by atoms with Crippen LogP contribution in [0.2, 0.25) is 19.6 Å². The van der Waals surface area contributed by atoms with Crippen LogP contribution in [0.15, 0.2) is 0 Å². The molecule has 0 unspecified atom stereocenters. The molecule has 0 aromatic rings. The number of rotatable bonds is 1. The maximum atomic E-state index is 5.97. The van der Waals surface area contributed by atoms with E-state index in [1.54, 1.807) is 0 Å². The maximum Gasteiger partial charge on any atom is 0.0858 e. The molecule has 1 saturated heterocycles. The summed E-state index contributed by atoms with van der Waals surface area (Å²) in [5.74, 6) is 0. The van der Waals surface area contributed by atoms with Crippen molar-refractivity contribution in [3.63, 3.8) is 0 Å². The fourth-order valence-corrected chi connectivity index (χ4v) is 5.19. The molecular weight excluding hydrogens is 164 g/mol. The quantitative estimate of drug-likeness (QED) is 0.451. The lowest BCUT2D eigenvalue weighted by molar-refractivity contribution is 0.309. The van der Waals surface area contributed by atoms with Gasteiger partial charge < -0.3 is 4.74 Å². The number of epoxide rings is 1. The van der Waals surface area contributed by atoms with E-state index >= 15 is 0 Å². The van der Waals surface area contributed by atoms with Gasteiger partial charge in [-0.05, 0) is 12.8 Å². The summed E-state index contributed by atoms with van der Waals surface area (Å²) < 4.78 is 5.97. The van der Waals surface area contributed by atoms with Gasteiger partial charge >= 0.3 is 0 Å². The maximum absolute atomic E-state index is 5.97. The zero-order valence-corrected chi connectivity index (χ0v) is 9.52.